The molecule has 0 fully saturated rings. The molecule has 16 heavy (non-hydrogen) atoms. The number of aryl methyl sites for hydroxylation is 1. The molecule has 0 bridgehead atoms. The zero-order chi connectivity index (χ0) is 11.8. The first-order valence-corrected chi connectivity index (χ1v) is 6.13. The zero-order valence-electron chi connectivity index (χ0n) is 10.4. The summed E-state index contributed by atoms with van der Waals surface area (Å²) in [7, 11) is 0. The second kappa shape index (κ2) is 7.24. The van der Waals surface area contributed by atoms with Crippen LogP contribution in [-0.2, 0) is 6.42 Å². The summed E-state index contributed by atoms with van der Waals surface area (Å²) in [5.41, 5.74) is 1.42. The first-order valence-electron chi connectivity index (χ1n) is 6.13. The van der Waals surface area contributed by atoms with E-state index in [1.807, 2.05) is 6.08 Å². The molecule has 1 N–H and O–H groups in total. The molecule has 1 rings (SSSR count). The van der Waals surface area contributed by atoms with E-state index in [1.165, 1.54) is 12.0 Å². The Labute approximate surface area is 99.6 Å². The Morgan fingerprint density at radius 2 is 1.88 bits per heavy atom. The molecule has 0 heterocycles. The Bertz CT molecular complexity index is 292. The Balaban J connectivity index is 2.25. The van der Waals surface area contributed by atoms with Crippen LogP contribution in [0.25, 0.3) is 0 Å². The average Bonchev–Trinajstić information content (AvgIpc) is 2.28. The molecule has 0 aromatic heterocycles. The second-order valence-electron chi connectivity index (χ2n) is 4.52. The van der Waals surface area contributed by atoms with Gasteiger partial charge in [-0.2, -0.15) is 0 Å². The third kappa shape index (κ3) is 5.13. The van der Waals surface area contributed by atoms with Gasteiger partial charge in [-0.3, -0.25) is 0 Å². The summed E-state index contributed by atoms with van der Waals surface area (Å²) in [6.45, 7) is 8.22. The molecule has 2 unspecified atom stereocenters. The van der Waals surface area contributed by atoms with Crippen molar-refractivity contribution in [3.05, 3.63) is 48.6 Å². The lowest BCUT2D eigenvalue weighted by atomic mass is 10.1. The SMILES string of the molecule is C=CCC(C)NC(C)CCc1ccccc1. The van der Waals surface area contributed by atoms with Gasteiger partial charge >= 0.3 is 0 Å². The molecule has 0 saturated carbocycles. The Morgan fingerprint density at radius 3 is 2.50 bits per heavy atom. The van der Waals surface area contributed by atoms with Crippen molar-refractivity contribution in [1.82, 2.24) is 5.32 Å². The van der Waals surface area contributed by atoms with Crippen molar-refractivity contribution in [2.45, 2.75) is 45.2 Å². The molecular weight excluding hydrogens is 194 g/mol. The molecular formula is C15H23N. The van der Waals surface area contributed by atoms with Crippen LogP contribution in [0.1, 0.15) is 32.3 Å². The molecule has 0 aliphatic rings. The molecule has 0 saturated heterocycles. The van der Waals surface area contributed by atoms with E-state index in [2.05, 4.69) is 56.1 Å². The standard InChI is InChI=1S/C15H23N/c1-4-8-13(2)16-14(3)11-12-15-9-6-5-7-10-15/h4-7,9-10,13-14,16H,1,8,11-12H2,2-3H3. The summed E-state index contributed by atoms with van der Waals surface area (Å²) < 4.78 is 0. The minimum Gasteiger partial charge on any atom is -0.311 e. The first-order chi connectivity index (χ1) is 7.72. The van der Waals surface area contributed by atoms with Crippen LogP contribution in [0.4, 0.5) is 0 Å². The summed E-state index contributed by atoms with van der Waals surface area (Å²) in [4.78, 5) is 0. The van der Waals surface area contributed by atoms with E-state index in [1.54, 1.807) is 0 Å². The molecule has 0 radical (unpaired) electrons. The van der Waals surface area contributed by atoms with Gasteiger partial charge in [0.1, 0.15) is 0 Å². The summed E-state index contributed by atoms with van der Waals surface area (Å²) in [6, 6.07) is 11.8. The van der Waals surface area contributed by atoms with E-state index in [0.29, 0.717) is 12.1 Å². The lowest BCUT2D eigenvalue weighted by Gasteiger charge is -2.18. The summed E-state index contributed by atoms with van der Waals surface area (Å²) in [5.74, 6) is 0. The van der Waals surface area contributed by atoms with Crippen LogP contribution in [0.5, 0.6) is 0 Å². The summed E-state index contributed by atoms with van der Waals surface area (Å²) in [6.07, 6.45) is 5.35. The quantitative estimate of drug-likeness (QED) is 0.689. The molecule has 1 aromatic rings. The molecule has 1 aromatic carbocycles. The van der Waals surface area contributed by atoms with Gasteiger partial charge in [-0.1, -0.05) is 36.4 Å². The number of hydrogen-bond donors (Lipinski definition) is 1. The number of rotatable bonds is 7. The maximum absolute atomic E-state index is 3.76. The van der Waals surface area contributed by atoms with E-state index in [9.17, 15) is 0 Å². The largest absolute Gasteiger partial charge is 0.311 e. The Morgan fingerprint density at radius 1 is 1.19 bits per heavy atom. The van der Waals surface area contributed by atoms with E-state index >= 15 is 0 Å². The first kappa shape index (κ1) is 13.0. The van der Waals surface area contributed by atoms with Crippen molar-refractivity contribution in [1.29, 1.82) is 0 Å². The number of nitrogens with one attached hydrogen (secondary N) is 1. The zero-order valence-corrected chi connectivity index (χ0v) is 10.4. The van der Waals surface area contributed by atoms with E-state index in [4.69, 9.17) is 0 Å². The highest BCUT2D eigenvalue weighted by Crippen LogP contribution is 2.05. The molecule has 0 aliphatic heterocycles. The van der Waals surface area contributed by atoms with Crippen molar-refractivity contribution in [3.63, 3.8) is 0 Å². The van der Waals surface area contributed by atoms with Gasteiger partial charge in [0, 0.05) is 12.1 Å². The van der Waals surface area contributed by atoms with Gasteiger partial charge in [-0.15, -0.1) is 6.58 Å². The fourth-order valence-electron chi connectivity index (χ4n) is 1.91. The third-order valence-electron chi connectivity index (χ3n) is 2.80. The molecule has 1 heteroatoms. The normalized spacial score (nSPS) is 14.4. The predicted octanol–water partition coefficient (Wildman–Crippen LogP) is 3.56. The predicted molar refractivity (Wildman–Crippen MR) is 71.6 cm³/mol. The van der Waals surface area contributed by atoms with E-state index in [-0.39, 0.29) is 0 Å². The highest BCUT2D eigenvalue weighted by molar-refractivity contribution is 5.14. The monoisotopic (exact) mass is 217 g/mol. The van der Waals surface area contributed by atoms with E-state index in [0.717, 1.165) is 12.8 Å². The van der Waals surface area contributed by atoms with Crippen LogP contribution in [-0.4, -0.2) is 12.1 Å². The minimum absolute atomic E-state index is 0.531. The van der Waals surface area contributed by atoms with Crippen molar-refractivity contribution >= 4 is 0 Å². The molecule has 2 atom stereocenters. The Kier molecular flexibility index (Phi) is 5.87. The van der Waals surface area contributed by atoms with Gasteiger partial charge in [0.15, 0.2) is 0 Å². The van der Waals surface area contributed by atoms with Crippen molar-refractivity contribution in [2.75, 3.05) is 0 Å². The highest BCUT2D eigenvalue weighted by atomic mass is 14.9. The highest BCUT2D eigenvalue weighted by Gasteiger charge is 2.05. The number of hydrogen-bond acceptors (Lipinski definition) is 1. The van der Waals surface area contributed by atoms with E-state index < -0.39 is 0 Å². The average molecular weight is 217 g/mol. The van der Waals surface area contributed by atoms with Crippen LogP contribution in [0.3, 0.4) is 0 Å². The second-order valence-corrected chi connectivity index (χ2v) is 4.52. The van der Waals surface area contributed by atoms with Crippen molar-refractivity contribution in [2.24, 2.45) is 0 Å². The molecule has 1 nitrogen and oxygen atoms in total. The summed E-state index contributed by atoms with van der Waals surface area (Å²) >= 11 is 0. The van der Waals surface area contributed by atoms with Crippen LogP contribution in [0, 0.1) is 0 Å². The molecule has 88 valence electrons. The van der Waals surface area contributed by atoms with Crippen LogP contribution >= 0.6 is 0 Å². The lowest BCUT2D eigenvalue weighted by Crippen LogP contribution is -2.34. The number of benzene rings is 1. The van der Waals surface area contributed by atoms with Gasteiger partial charge in [0.05, 0.1) is 0 Å². The molecule has 0 aliphatic carbocycles. The fraction of sp³-hybridized carbons (Fsp3) is 0.467. The van der Waals surface area contributed by atoms with Gasteiger partial charge in [-0.05, 0) is 38.7 Å². The maximum Gasteiger partial charge on any atom is 0.00756 e. The smallest absolute Gasteiger partial charge is 0.00756 e. The van der Waals surface area contributed by atoms with Crippen molar-refractivity contribution < 1.29 is 0 Å². The maximum atomic E-state index is 3.76. The van der Waals surface area contributed by atoms with Crippen LogP contribution in [0.15, 0.2) is 43.0 Å². The van der Waals surface area contributed by atoms with Gasteiger partial charge in [-0.25, -0.2) is 0 Å². The Hall–Kier alpha value is -1.08. The molecule has 0 amide bonds. The van der Waals surface area contributed by atoms with Gasteiger partial charge in [0.25, 0.3) is 0 Å². The fourth-order valence-corrected chi connectivity index (χ4v) is 1.91. The minimum atomic E-state index is 0.531. The third-order valence-corrected chi connectivity index (χ3v) is 2.80. The van der Waals surface area contributed by atoms with Crippen LogP contribution in [0.2, 0.25) is 0 Å². The topological polar surface area (TPSA) is 12.0 Å². The summed E-state index contributed by atoms with van der Waals surface area (Å²) in [5, 5.41) is 3.58. The lowest BCUT2D eigenvalue weighted by molar-refractivity contribution is 0.448. The molecule has 0 spiro atoms. The van der Waals surface area contributed by atoms with Gasteiger partial charge < -0.3 is 5.32 Å². The van der Waals surface area contributed by atoms with Crippen molar-refractivity contribution in [3.8, 4) is 0 Å². The van der Waals surface area contributed by atoms with Gasteiger partial charge in [0.2, 0.25) is 0 Å². The van der Waals surface area contributed by atoms with Crippen LogP contribution < -0.4 is 5.32 Å².